The Bertz CT molecular complexity index is 361. The number of nitrogens with zero attached hydrogens (tertiary/aromatic N) is 1. The lowest BCUT2D eigenvalue weighted by Gasteiger charge is -2.16. The van der Waals surface area contributed by atoms with Gasteiger partial charge >= 0.3 is 0 Å². The van der Waals surface area contributed by atoms with E-state index in [1.807, 2.05) is 13.1 Å². The second kappa shape index (κ2) is 4.40. The smallest absolute Gasteiger partial charge is 0.141 e. The molecule has 0 bridgehead atoms. The fourth-order valence-corrected chi connectivity index (χ4v) is 1.63. The zero-order valence-corrected chi connectivity index (χ0v) is 8.53. The standard InChI is InChI=1S/C11H13FN2O/c1-13-11(10-3-2-6-15-10)9-5-4-8(12)7-14-9/h3-5,7,11,13H,2,6H2,1H3. The number of halogens is 1. The van der Waals surface area contributed by atoms with Crippen molar-refractivity contribution >= 4 is 0 Å². The van der Waals surface area contributed by atoms with Gasteiger partial charge in [0.15, 0.2) is 0 Å². The summed E-state index contributed by atoms with van der Waals surface area (Å²) < 4.78 is 18.2. The number of ether oxygens (including phenoxy) is 1. The van der Waals surface area contributed by atoms with E-state index in [2.05, 4.69) is 10.3 Å². The van der Waals surface area contributed by atoms with Gasteiger partial charge in [-0.3, -0.25) is 4.98 Å². The summed E-state index contributed by atoms with van der Waals surface area (Å²) in [5, 5.41) is 3.10. The lowest BCUT2D eigenvalue weighted by molar-refractivity contribution is 0.217. The van der Waals surface area contributed by atoms with Crippen LogP contribution in [0.4, 0.5) is 4.39 Å². The minimum Gasteiger partial charge on any atom is -0.496 e. The molecule has 0 saturated carbocycles. The Morgan fingerprint density at radius 3 is 2.93 bits per heavy atom. The van der Waals surface area contributed by atoms with E-state index in [4.69, 9.17) is 4.74 Å². The zero-order chi connectivity index (χ0) is 10.7. The number of likely N-dealkylation sites (N-methyl/N-ethyl adjacent to an activating group) is 1. The van der Waals surface area contributed by atoms with Crippen LogP contribution in [0, 0.1) is 5.82 Å². The SMILES string of the molecule is CNC(C1=CCCO1)c1ccc(F)cn1. The van der Waals surface area contributed by atoms with Crippen LogP contribution in [-0.4, -0.2) is 18.6 Å². The van der Waals surface area contributed by atoms with Crippen molar-refractivity contribution in [1.29, 1.82) is 0 Å². The van der Waals surface area contributed by atoms with E-state index in [0.717, 1.165) is 17.9 Å². The van der Waals surface area contributed by atoms with Crippen LogP contribution in [0.1, 0.15) is 18.2 Å². The quantitative estimate of drug-likeness (QED) is 0.822. The van der Waals surface area contributed by atoms with E-state index >= 15 is 0 Å². The van der Waals surface area contributed by atoms with Crippen LogP contribution in [-0.2, 0) is 4.74 Å². The van der Waals surface area contributed by atoms with Crippen LogP contribution >= 0.6 is 0 Å². The Morgan fingerprint density at radius 1 is 1.53 bits per heavy atom. The number of rotatable bonds is 3. The monoisotopic (exact) mass is 208 g/mol. The van der Waals surface area contributed by atoms with Crippen molar-refractivity contribution < 1.29 is 9.13 Å². The molecule has 0 fully saturated rings. The first-order valence-corrected chi connectivity index (χ1v) is 4.93. The van der Waals surface area contributed by atoms with Gasteiger partial charge in [0.05, 0.1) is 18.5 Å². The Kier molecular flexibility index (Phi) is 2.97. The Hall–Kier alpha value is -1.42. The van der Waals surface area contributed by atoms with Crippen LogP contribution in [0.25, 0.3) is 0 Å². The molecule has 0 amide bonds. The third-order valence-corrected chi connectivity index (χ3v) is 2.35. The molecule has 0 aromatic carbocycles. The molecule has 1 aromatic heterocycles. The van der Waals surface area contributed by atoms with Crippen LogP contribution in [0.5, 0.6) is 0 Å². The van der Waals surface area contributed by atoms with E-state index in [-0.39, 0.29) is 11.9 Å². The average molecular weight is 208 g/mol. The molecule has 1 aromatic rings. The molecule has 1 N–H and O–H groups in total. The van der Waals surface area contributed by atoms with Gasteiger partial charge in [-0.2, -0.15) is 0 Å². The molecule has 2 heterocycles. The second-order valence-corrected chi connectivity index (χ2v) is 3.37. The third kappa shape index (κ3) is 2.15. The lowest BCUT2D eigenvalue weighted by Crippen LogP contribution is -2.20. The first kappa shape index (κ1) is 10.1. The Labute approximate surface area is 88.0 Å². The van der Waals surface area contributed by atoms with E-state index in [9.17, 15) is 4.39 Å². The predicted octanol–water partition coefficient (Wildman–Crippen LogP) is 1.79. The van der Waals surface area contributed by atoms with Crippen molar-refractivity contribution in [2.24, 2.45) is 0 Å². The molecule has 1 aliphatic heterocycles. The van der Waals surface area contributed by atoms with Gasteiger partial charge in [-0.25, -0.2) is 4.39 Å². The van der Waals surface area contributed by atoms with E-state index in [1.54, 1.807) is 6.07 Å². The number of hydrogen-bond donors (Lipinski definition) is 1. The van der Waals surface area contributed by atoms with Gasteiger partial charge in [-0.15, -0.1) is 0 Å². The molecule has 4 heteroatoms. The maximum Gasteiger partial charge on any atom is 0.141 e. The Balaban J connectivity index is 2.22. The molecule has 15 heavy (non-hydrogen) atoms. The molecule has 3 nitrogen and oxygen atoms in total. The van der Waals surface area contributed by atoms with Crippen molar-refractivity contribution in [2.45, 2.75) is 12.5 Å². The summed E-state index contributed by atoms with van der Waals surface area (Å²) in [6.07, 6.45) is 4.18. The van der Waals surface area contributed by atoms with Gasteiger partial charge in [0.1, 0.15) is 17.6 Å². The number of aromatic nitrogens is 1. The summed E-state index contributed by atoms with van der Waals surface area (Å²) in [5.41, 5.74) is 0.770. The highest BCUT2D eigenvalue weighted by Crippen LogP contribution is 2.24. The van der Waals surface area contributed by atoms with Crippen molar-refractivity contribution in [2.75, 3.05) is 13.7 Å². The highest BCUT2D eigenvalue weighted by molar-refractivity contribution is 5.20. The number of nitrogens with one attached hydrogen (secondary N) is 1. The largest absolute Gasteiger partial charge is 0.496 e. The molecule has 0 radical (unpaired) electrons. The average Bonchev–Trinajstić information content (AvgIpc) is 2.75. The van der Waals surface area contributed by atoms with E-state index in [0.29, 0.717) is 6.61 Å². The molecule has 0 saturated heterocycles. The van der Waals surface area contributed by atoms with Gasteiger partial charge in [0, 0.05) is 6.42 Å². The van der Waals surface area contributed by atoms with Crippen molar-refractivity contribution in [3.05, 3.63) is 41.7 Å². The van der Waals surface area contributed by atoms with Crippen molar-refractivity contribution in [1.82, 2.24) is 10.3 Å². The maximum absolute atomic E-state index is 12.7. The minimum atomic E-state index is -0.324. The highest BCUT2D eigenvalue weighted by atomic mass is 19.1. The molecule has 80 valence electrons. The minimum absolute atomic E-state index is 0.0758. The first-order chi connectivity index (χ1) is 7.31. The van der Waals surface area contributed by atoms with Crippen LogP contribution < -0.4 is 5.32 Å². The topological polar surface area (TPSA) is 34.1 Å². The van der Waals surface area contributed by atoms with E-state index in [1.165, 1.54) is 12.3 Å². The Morgan fingerprint density at radius 2 is 2.40 bits per heavy atom. The molecule has 2 rings (SSSR count). The highest BCUT2D eigenvalue weighted by Gasteiger charge is 2.19. The van der Waals surface area contributed by atoms with Gasteiger partial charge in [0.25, 0.3) is 0 Å². The van der Waals surface area contributed by atoms with Gasteiger partial charge in [-0.05, 0) is 25.3 Å². The molecular formula is C11H13FN2O. The predicted molar refractivity (Wildman–Crippen MR) is 54.6 cm³/mol. The summed E-state index contributed by atoms with van der Waals surface area (Å²) in [5.74, 6) is 0.548. The summed E-state index contributed by atoms with van der Waals surface area (Å²) in [4.78, 5) is 4.04. The molecule has 1 unspecified atom stereocenters. The van der Waals surface area contributed by atoms with Crippen LogP contribution in [0.2, 0.25) is 0 Å². The normalized spacial score (nSPS) is 17.1. The summed E-state index contributed by atoms with van der Waals surface area (Å²) >= 11 is 0. The molecular weight excluding hydrogens is 195 g/mol. The van der Waals surface area contributed by atoms with E-state index < -0.39 is 0 Å². The lowest BCUT2D eigenvalue weighted by atomic mass is 10.1. The molecule has 0 spiro atoms. The molecule has 1 aliphatic rings. The first-order valence-electron chi connectivity index (χ1n) is 4.93. The molecule has 0 aliphatic carbocycles. The molecule has 1 atom stereocenters. The zero-order valence-electron chi connectivity index (χ0n) is 8.53. The fourth-order valence-electron chi connectivity index (χ4n) is 1.63. The summed E-state index contributed by atoms with van der Waals surface area (Å²) in [6, 6.07) is 2.99. The number of hydrogen-bond acceptors (Lipinski definition) is 3. The summed E-state index contributed by atoms with van der Waals surface area (Å²) in [7, 11) is 1.83. The third-order valence-electron chi connectivity index (χ3n) is 2.35. The van der Waals surface area contributed by atoms with Gasteiger partial charge in [0.2, 0.25) is 0 Å². The number of pyridine rings is 1. The van der Waals surface area contributed by atoms with Gasteiger partial charge < -0.3 is 10.1 Å². The van der Waals surface area contributed by atoms with Crippen molar-refractivity contribution in [3.8, 4) is 0 Å². The van der Waals surface area contributed by atoms with Crippen molar-refractivity contribution in [3.63, 3.8) is 0 Å². The van der Waals surface area contributed by atoms with Gasteiger partial charge in [-0.1, -0.05) is 0 Å². The van der Waals surface area contributed by atoms with Crippen LogP contribution in [0.3, 0.4) is 0 Å². The summed E-state index contributed by atoms with van der Waals surface area (Å²) in [6.45, 7) is 0.717. The second-order valence-electron chi connectivity index (χ2n) is 3.37. The van der Waals surface area contributed by atoms with Crippen LogP contribution in [0.15, 0.2) is 30.2 Å². The fraction of sp³-hybridized carbons (Fsp3) is 0.364. The maximum atomic E-state index is 12.7.